The van der Waals surface area contributed by atoms with Crippen LogP contribution in [0.3, 0.4) is 0 Å². The Morgan fingerprint density at radius 1 is 1.25 bits per heavy atom. The zero-order valence-electron chi connectivity index (χ0n) is 12.1. The molecule has 20 heavy (non-hydrogen) atoms. The lowest BCUT2D eigenvalue weighted by molar-refractivity contribution is -0.155. The van der Waals surface area contributed by atoms with Crippen LogP contribution < -0.4 is 10.5 Å². The lowest BCUT2D eigenvalue weighted by Crippen LogP contribution is -2.47. The molecule has 2 fully saturated rings. The molecule has 0 bridgehead atoms. The molecule has 0 amide bonds. The number of para-hydroxylation sites is 1. The molecule has 1 aromatic rings. The summed E-state index contributed by atoms with van der Waals surface area (Å²) in [4.78, 5) is 0. The van der Waals surface area contributed by atoms with Crippen molar-refractivity contribution in [3.05, 3.63) is 23.8 Å². The molecule has 4 nitrogen and oxygen atoms in total. The second-order valence-electron chi connectivity index (χ2n) is 5.86. The quantitative estimate of drug-likeness (QED) is 0.844. The van der Waals surface area contributed by atoms with Crippen molar-refractivity contribution in [3.8, 4) is 5.75 Å². The fourth-order valence-corrected chi connectivity index (χ4v) is 3.11. The number of aryl methyl sites for hydroxylation is 1. The summed E-state index contributed by atoms with van der Waals surface area (Å²) in [5.41, 5.74) is 7.87. The molecule has 0 aliphatic carbocycles. The van der Waals surface area contributed by atoms with E-state index < -0.39 is 0 Å². The number of hydrogen-bond acceptors (Lipinski definition) is 4. The molecule has 1 unspecified atom stereocenters. The van der Waals surface area contributed by atoms with Gasteiger partial charge in [-0.3, -0.25) is 0 Å². The summed E-state index contributed by atoms with van der Waals surface area (Å²) < 4.78 is 17.6. The second-order valence-corrected chi connectivity index (χ2v) is 5.86. The van der Waals surface area contributed by atoms with Gasteiger partial charge in [-0.05, 0) is 31.4 Å². The SMILES string of the molecule is Cc1cccc(OC2CCOC3(CCOCC3)C2)c1N. The summed E-state index contributed by atoms with van der Waals surface area (Å²) in [6.07, 6.45) is 3.98. The van der Waals surface area contributed by atoms with Crippen LogP contribution in [0.1, 0.15) is 31.2 Å². The summed E-state index contributed by atoms with van der Waals surface area (Å²) in [5.74, 6) is 0.805. The maximum Gasteiger partial charge on any atom is 0.142 e. The predicted molar refractivity (Wildman–Crippen MR) is 78.0 cm³/mol. The van der Waals surface area contributed by atoms with Crippen LogP contribution in [0.15, 0.2) is 18.2 Å². The number of rotatable bonds is 2. The normalized spacial score (nSPS) is 25.6. The van der Waals surface area contributed by atoms with Crippen LogP contribution in [0.4, 0.5) is 5.69 Å². The van der Waals surface area contributed by atoms with Crippen LogP contribution in [0.2, 0.25) is 0 Å². The van der Waals surface area contributed by atoms with Gasteiger partial charge in [-0.25, -0.2) is 0 Å². The van der Waals surface area contributed by atoms with E-state index >= 15 is 0 Å². The molecule has 4 heteroatoms. The van der Waals surface area contributed by atoms with Gasteiger partial charge in [0.15, 0.2) is 0 Å². The Hall–Kier alpha value is -1.26. The largest absolute Gasteiger partial charge is 0.488 e. The van der Waals surface area contributed by atoms with Crippen LogP contribution in [-0.4, -0.2) is 31.5 Å². The first-order valence-electron chi connectivity index (χ1n) is 7.42. The molecule has 2 aliphatic rings. The van der Waals surface area contributed by atoms with Crippen molar-refractivity contribution in [1.29, 1.82) is 0 Å². The molecule has 2 aliphatic heterocycles. The Balaban J connectivity index is 1.69. The van der Waals surface area contributed by atoms with E-state index in [-0.39, 0.29) is 11.7 Å². The van der Waals surface area contributed by atoms with Crippen molar-refractivity contribution in [1.82, 2.24) is 0 Å². The van der Waals surface area contributed by atoms with Gasteiger partial charge in [-0.1, -0.05) is 12.1 Å². The third-order valence-electron chi connectivity index (χ3n) is 4.43. The van der Waals surface area contributed by atoms with Gasteiger partial charge in [0.1, 0.15) is 11.9 Å². The maximum absolute atomic E-state index is 6.15. The lowest BCUT2D eigenvalue weighted by atomic mass is 9.85. The highest BCUT2D eigenvalue weighted by molar-refractivity contribution is 5.57. The van der Waals surface area contributed by atoms with Crippen molar-refractivity contribution in [3.63, 3.8) is 0 Å². The summed E-state index contributed by atoms with van der Waals surface area (Å²) in [5, 5.41) is 0. The highest BCUT2D eigenvalue weighted by atomic mass is 16.5. The number of benzene rings is 1. The van der Waals surface area contributed by atoms with Gasteiger partial charge in [0.05, 0.1) is 17.9 Å². The lowest BCUT2D eigenvalue weighted by Gasteiger charge is -2.43. The van der Waals surface area contributed by atoms with E-state index in [1.165, 1.54) is 0 Å². The van der Waals surface area contributed by atoms with Gasteiger partial charge in [0.2, 0.25) is 0 Å². The molecule has 2 heterocycles. The van der Waals surface area contributed by atoms with Gasteiger partial charge in [-0.15, -0.1) is 0 Å². The van der Waals surface area contributed by atoms with Crippen molar-refractivity contribution >= 4 is 5.69 Å². The molecular formula is C16H23NO3. The molecule has 0 aromatic heterocycles. The monoisotopic (exact) mass is 277 g/mol. The second kappa shape index (κ2) is 5.62. The molecule has 2 N–H and O–H groups in total. The predicted octanol–water partition coefficient (Wildman–Crippen LogP) is 2.68. The number of hydrogen-bond donors (Lipinski definition) is 1. The number of nitrogen functional groups attached to an aromatic ring is 1. The summed E-state index contributed by atoms with van der Waals surface area (Å²) in [7, 11) is 0. The topological polar surface area (TPSA) is 53.7 Å². The Kier molecular flexibility index (Phi) is 3.85. The molecule has 3 rings (SSSR count). The molecule has 0 saturated carbocycles. The van der Waals surface area contributed by atoms with E-state index in [0.29, 0.717) is 0 Å². The van der Waals surface area contributed by atoms with E-state index in [1.807, 2.05) is 25.1 Å². The van der Waals surface area contributed by atoms with Gasteiger partial charge in [0.25, 0.3) is 0 Å². The van der Waals surface area contributed by atoms with E-state index in [1.54, 1.807) is 0 Å². The number of anilines is 1. The van der Waals surface area contributed by atoms with Crippen molar-refractivity contribution in [2.24, 2.45) is 0 Å². The van der Waals surface area contributed by atoms with Crippen molar-refractivity contribution in [2.75, 3.05) is 25.6 Å². The van der Waals surface area contributed by atoms with Crippen LogP contribution in [0.5, 0.6) is 5.75 Å². The third kappa shape index (κ3) is 2.76. The molecule has 1 atom stereocenters. The number of nitrogens with two attached hydrogens (primary N) is 1. The van der Waals surface area contributed by atoms with Gasteiger partial charge in [0, 0.05) is 26.1 Å². The van der Waals surface area contributed by atoms with E-state index in [9.17, 15) is 0 Å². The summed E-state index contributed by atoms with van der Waals surface area (Å²) >= 11 is 0. The molecule has 2 saturated heterocycles. The van der Waals surface area contributed by atoms with Crippen LogP contribution in [-0.2, 0) is 9.47 Å². The standard InChI is InChI=1S/C16H23NO3/c1-12-3-2-4-14(15(12)17)20-13-5-8-19-16(11-13)6-9-18-10-7-16/h2-4,13H,5-11,17H2,1H3. The minimum absolute atomic E-state index is 0.0419. The van der Waals surface area contributed by atoms with E-state index in [2.05, 4.69) is 0 Å². The molecule has 0 radical (unpaired) electrons. The van der Waals surface area contributed by atoms with Crippen LogP contribution in [0.25, 0.3) is 0 Å². The highest BCUT2D eigenvalue weighted by Crippen LogP contribution is 2.36. The third-order valence-corrected chi connectivity index (χ3v) is 4.43. The minimum Gasteiger partial charge on any atom is -0.488 e. The summed E-state index contributed by atoms with van der Waals surface area (Å²) in [6, 6.07) is 5.95. The first-order chi connectivity index (χ1) is 9.69. The van der Waals surface area contributed by atoms with Crippen LogP contribution >= 0.6 is 0 Å². The summed E-state index contributed by atoms with van der Waals surface area (Å²) in [6.45, 7) is 4.35. The smallest absolute Gasteiger partial charge is 0.142 e. The molecular weight excluding hydrogens is 254 g/mol. The first-order valence-corrected chi connectivity index (χ1v) is 7.42. The number of ether oxygens (including phenoxy) is 3. The van der Waals surface area contributed by atoms with E-state index in [0.717, 1.165) is 62.5 Å². The van der Waals surface area contributed by atoms with Crippen molar-refractivity contribution in [2.45, 2.75) is 44.3 Å². The molecule has 1 aromatic carbocycles. The zero-order chi connectivity index (χ0) is 14.0. The van der Waals surface area contributed by atoms with Crippen LogP contribution in [0, 0.1) is 6.92 Å². The average Bonchev–Trinajstić information content (AvgIpc) is 2.45. The average molecular weight is 277 g/mol. The fourth-order valence-electron chi connectivity index (χ4n) is 3.11. The Bertz CT molecular complexity index is 463. The Labute approximate surface area is 120 Å². The van der Waals surface area contributed by atoms with E-state index in [4.69, 9.17) is 19.9 Å². The van der Waals surface area contributed by atoms with Gasteiger partial charge in [-0.2, -0.15) is 0 Å². The fraction of sp³-hybridized carbons (Fsp3) is 0.625. The minimum atomic E-state index is -0.0419. The van der Waals surface area contributed by atoms with Gasteiger partial charge < -0.3 is 19.9 Å². The van der Waals surface area contributed by atoms with Gasteiger partial charge >= 0.3 is 0 Å². The van der Waals surface area contributed by atoms with Crippen molar-refractivity contribution < 1.29 is 14.2 Å². The maximum atomic E-state index is 6.15. The first kappa shape index (κ1) is 13.7. The Morgan fingerprint density at radius 2 is 2.05 bits per heavy atom. The molecule has 110 valence electrons. The highest BCUT2D eigenvalue weighted by Gasteiger charge is 2.40. The zero-order valence-corrected chi connectivity index (χ0v) is 12.1. The Morgan fingerprint density at radius 3 is 2.85 bits per heavy atom. The molecule has 1 spiro atoms.